The number of hydrogen-bond donors (Lipinski definition) is 2. The first kappa shape index (κ1) is 37.9. The Kier molecular flexibility index (Phi) is 18.9. The molecule has 1 amide bonds. The van der Waals surface area contributed by atoms with E-state index in [9.17, 15) is 4.79 Å². The van der Waals surface area contributed by atoms with Crippen molar-refractivity contribution >= 4 is 5.91 Å². The third kappa shape index (κ3) is 12.4. The molecule has 0 aliphatic heterocycles. The Labute approximate surface area is 214 Å². The molecule has 0 aromatic carbocycles. The van der Waals surface area contributed by atoms with Crippen molar-refractivity contribution < 1.29 is 14.3 Å². The average Bonchev–Trinajstić information content (AvgIpc) is 2.71. The van der Waals surface area contributed by atoms with Crippen LogP contribution in [0.25, 0.3) is 0 Å². The Morgan fingerprint density at radius 1 is 0.882 bits per heavy atom. The molecule has 0 heterocycles. The molecule has 2 atom stereocenters. The van der Waals surface area contributed by atoms with E-state index in [0.29, 0.717) is 12.5 Å². The number of nitrogens with one attached hydrogen (secondary N) is 2. The summed E-state index contributed by atoms with van der Waals surface area (Å²) in [4.78, 5) is 13.2. The van der Waals surface area contributed by atoms with Crippen LogP contribution in [0.2, 0.25) is 0 Å². The van der Waals surface area contributed by atoms with E-state index in [1.54, 1.807) is 7.11 Å². The summed E-state index contributed by atoms with van der Waals surface area (Å²) in [5, 5.41) is 6.65. The van der Waals surface area contributed by atoms with Gasteiger partial charge in [-0.3, -0.25) is 4.79 Å². The number of likely N-dealkylation sites (N-methyl/N-ethyl adjacent to an activating group) is 1. The highest BCUT2D eigenvalue weighted by molar-refractivity contribution is 5.83. The molecule has 0 rings (SSSR count). The highest BCUT2D eigenvalue weighted by Gasteiger charge is 2.53. The number of amides is 1. The lowest BCUT2D eigenvalue weighted by Crippen LogP contribution is -2.58. The maximum absolute atomic E-state index is 13.2. The first-order valence-corrected chi connectivity index (χ1v) is 13.6. The van der Waals surface area contributed by atoms with Crippen molar-refractivity contribution in [2.45, 2.75) is 147 Å². The molecule has 5 nitrogen and oxygen atoms in total. The minimum absolute atomic E-state index is 0.0113. The number of hydrogen-bond acceptors (Lipinski definition) is 4. The van der Waals surface area contributed by atoms with Crippen LogP contribution in [0.5, 0.6) is 0 Å². The predicted octanol–water partition coefficient (Wildman–Crippen LogP) is 7.23. The van der Waals surface area contributed by atoms with E-state index < -0.39 is 16.4 Å². The minimum Gasteiger partial charge on any atom is -0.379 e. The van der Waals surface area contributed by atoms with Crippen LogP contribution in [0.3, 0.4) is 0 Å². The summed E-state index contributed by atoms with van der Waals surface area (Å²) in [5.74, 6) is 0.517. The standard InChI is InChI=1S/C24H50N2O3.C3H8.C2H6/c1-14-25-19(17(2)3)16-26-20(27)22(7,8)23(9,10)24(11,12)29-18(4)15-21(5,6)28-13;1-3-2;1-2/h17-19,25H,14-16H2,1-13H3,(H,26,27);3H2,1-2H3;1-2H3. The van der Waals surface area contributed by atoms with Crippen LogP contribution >= 0.6 is 0 Å². The lowest BCUT2D eigenvalue weighted by Gasteiger charge is -2.51. The van der Waals surface area contributed by atoms with Gasteiger partial charge in [0.05, 0.1) is 22.7 Å². The van der Waals surface area contributed by atoms with Gasteiger partial charge >= 0.3 is 0 Å². The smallest absolute Gasteiger partial charge is 0.226 e. The summed E-state index contributed by atoms with van der Waals surface area (Å²) in [6.45, 7) is 34.9. The molecule has 0 aromatic rings. The molecule has 0 aliphatic rings. The fourth-order valence-electron chi connectivity index (χ4n) is 3.73. The molecule has 0 spiro atoms. The third-order valence-corrected chi connectivity index (χ3v) is 7.22. The monoisotopic (exact) mass is 488 g/mol. The van der Waals surface area contributed by atoms with Crippen LogP contribution < -0.4 is 10.6 Å². The topological polar surface area (TPSA) is 59.6 Å². The van der Waals surface area contributed by atoms with Gasteiger partial charge in [0.2, 0.25) is 5.91 Å². The first-order valence-electron chi connectivity index (χ1n) is 13.6. The van der Waals surface area contributed by atoms with E-state index in [-0.39, 0.29) is 23.7 Å². The zero-order chi connectivity index (χ0) is 28.0. The SMILES string of the molecule is CC.CCC.CCNC(CNC(=O)C(C)(C)C(C)(C)C(C)(C)OC(C)CC(C)(C)OC)C(C)C. The van der Waals surface area contributed by atoms with Gasteiger partial charge in [0.1, 0.15) is 0 Å². The molecule has 0 aliphatic carbocycles. The van der Waals surface area contributed by atoms with E-state index in [0.717, 1.165) is 13.0 Å². The third-order valence-electron chi connectivity index (χ3n) is 7.22. The molecular weight excluding hydrogens is 424 g/mol. The van der Waals surface area contributed by atoms with Crippen molar-refractivity contribution in [3.05, 3.63) is 0 Å². The first-order chi connectivity index (χ1) is 15.4. The Morgan fingerprint density at radius 3 is 1.68 bits per heavy atom. The van der Waals surface area contributed by atoms with Crippen LogP contribution in [0, 0.1) is 16.7 Å². The normalized spacial score (nSPS) is 14.4. The summed E-state index contributed by atoms with van der Waals surface area (Å²) in [6.07, 6.45) is 2.05. The molecule has 0 radical (unpaired) electrons. The van der Waals surface area contributed by atoms with Crippen LogP contribution in [-0.2, 0) is 14.3 Å². The molecule has 2 N–H and O–H groups in total. The molecule has 5 heteroatoms. The lowest BCUT2D eigenvalue weighted by molar-refractivity contribution is -0.186. The molecule has 0 fully saturated rings. The van der Waals surface area contributed by atoms with E-state index in [1.165, 1.54) is 6.42 Å². The summed E-state index contributed by atoms with van der Waals surface area (Å²) in [7, 11) is 1.73. The molecule has 2 unspecified atom stereocenters. The van der Waals surface area contributed by atoms with Crippen molar-refractivity contribution in [1.82, 2.24) is 10.6 Å². The molecule has 0 saturated heterocycles. The average molecular weight is 489 g/mol. The zero-order valence-corrected chi connectivity index (χ0v) is 26.3. The second-order valence-electron chi connectivity index (χ2n) is 11.7. The van der Waals surface area contributed by atoms with Gasteiger partial charge in [-0.25, -0.2) is 0 Å². The predicted molar refractivity (Wildman–Crippen MR) is 151 cm³/mol. The fraction of sp³-hybridized carbons (Fsp3) is 0.966. The molecule has 208 valence electrons. The molecular formula is C29H64N2O3. The van der Waals surface area contributed by atoms with E-state index in [2.05, 4.69) is 93.7 Å². The van der Waals surface area contributed by atoms with Crippen molar-refractivity contribution in [1.29, 1.82) is 0 Å². The van der Waals surface area contributed by atoms with Gasteiger partial charge in [-0.1, -0.05) is 82.6 Å². The molecule has 34 heavy (non-hydrogen) atoms. The van der Waals surface area contributed by atoms with Crippen molar-refractivity contribution in [3.63, 3.8) is 0 Å². The number of carbonyl (C=O) groups is 1. The van der Waals surface area contributed by atoms with Gasteiger partial charge in [0.15, 0.2) is 0 Å². The second kappa shape index (κ2) is 16.9. The molecule has 0 saturated carbocycles. The summed E-state index contributed by atoms with van der Waals surface area (Å²) >= 11 is 0. The van der Waals surface area contributed by atoms with Crippen molar-refractivity contribution in [2.24, 2.45) is 16.7 Å². The van der Waals surface area contributed by atoms with Crippen molar-refractivity contribution in [2.75, 3.05) is 20.2 Å². The molecule has 0 bridgehead atoms. The number of methoxy groups -OCH3 is 1. The second-order valence-corrected chi connectivity index (χ2v) is 11.7. The number of carbonyl (C=O) groups excluding carboxylic acids is 1. The number of rotatable bonds is 13. The Bertz CT molecular complexity index is 525. The minimum atomic E-state index is -0.610. The highest BCUT2D eigenvalue weighted by atomic mass is 16.5. The van der Waals surface area contributed by atoms with Crippen molar-refractivity contribution in [3.8, 4) is 0 Å². The van der Waals surface area contributed by atoms with Crippen LogP contribution in [-0.4, -0.2) is 49.5 Å². The zero-order valence-electron chi connectivity index (χ0n) is 26.3. The van der Waals surface area contributed by atoms with Crippen LogP contribution in [0.1, 0.15) is 124 Å². The summed E-state index contributed by atoms with van der Waals surface area (Å²) in [6, 6.07) is 0.267. The van der Waals surface area contributed by atoms with Crippen LogP contribution in [0.15, 0.2) is 0 Å². The van der Waals surface area contributed by atoms with E-state index in [4.69, 9.17) is 9.47 Å². The maximum Gasteiger partial charge on any atom is 0.226 e. The maximum atomic E-state index is 13.2. The van der Waals surface area contributed by atoms with Gasteiger partial charge in [-0.15, -0.1) is 0 Å². The van der Waals surface area contributed by atoms with Gasteiger partial charge in [0, 0.05) is 31.5 Å². The van der Waals surface area contributed by atoms with Gasteiger partial charge < -0.3 is 20.1 Å². The van der Waals surface area contributed by atoms with Gasteiger partial charge in [-0.2, -0.15) is 0 Å². The van der Waals surface area contributed by atoms with Crippen LogP contribution in [0.4, 0.5) is 0 Å². The Balaban J connectivity index is -0.00000177. The van der Waals surface area contributed by atoms with Gasteiger partial charge in [-0.05, 0) is 47.1 Å². The van der Waals surface area contributed by atoms with Gasteiger partial charge in [0.25, 0.3) is 0 Å². The quantitative estimate of drug-likeness (QED) is 0.287. The summed E-state index contributed by atoms with van der Waals surface area (Å²) in [5.41, 5.74) is -1.76. The Morgan fingerprint density at radius 2 is 1.32 bits per heavy atom. The van der Waals surface area contributed by atoms with E-state index >= 15 is 0 Å². The fourth-order valence-corrected chi connectivity index (χ4v) is 3.73. The van der Waals surface area contributed by atoms with E-state index in [1.807, 2.05) is 27.7 Å². The number of ether oxygens (including phenoxy) is 2. The summed E-state index contributed by atoms with van der Waals surface area (Å²) < 4.78 is 12.1. The lowest BCUT2D eigenvalue weighted by atomic mass is 9.59. The highest BCUT2D eigenvalue weighted by Crippen LogP contribution is 2.49. The Hall–Kier alpha value is -0.650. The largest absolute Gasteiger partial charge is 0.379 e. The molecule has 0 aromatic heterocycles.